The molecule has 2 aliphatic rings. The first-order valence-electron chi connectivity index (χ1n) is 5.41. The van der Waals surface area contributed by atoms with Crippen molar-refractivity contribution in [2.24, 2.45) is 0 Å². The number of hydrogen-bond donors (Lipinski definition) is 0. The summed E-state index contributed by atoms with van der Waals surface area (Å²) in [7, 11) is 1.61. The fourth-order valence-electron chi connectivity index (χ4n) is 2.03. The molecule has 1 aromatic rings. The largest absolute Gasteiger partial charge is 0.468 e. The van der Waals surface area contributed by atoms with Crippen molar-refractivity contribution in [3.8, 4) is 28.2 Å². The highest BCUT2D eigenvalue weighted by Gasteiger charge is 2.16. The van der Waals surface area contributed by atoms with Gasteiger partial charge in [0.2, 0.25) is 0 Å². The number of rotatable bonds is 2. The Morgan fingerprint density at radius 1 is 1.00 bits per heavy atom. The van der Waals surface area contributed by atoms with Gasteiger partial charge in [0.25, 0.3) is 5.95 Å². The van der Waals surface area contributed by atoms with Crippen molar-refractivity contribution in [1.29, 1.82) is 0 Å². The molecule has 0 N–H and O–H groups in total. The molecule has 0 aromatic heterocycles. The highest BCUT2D eigenvalue weighted by molar-refractivity contribution is 5.87. The van der Waals surface area contributed by atoms with Crippen molar-refractivity contribution >= 4 is 0 Å². The van der Waals surface area contributed by atoms with E-state index in [0.29, 0.717) is 5.95 Å². The molecule has 2 heteroatoms. The standard InChI is InChI=1S/C15H11O2/c1-16-15-14-8-7-12(13(14)9-10-17-15)11-5-3-2-4-6-11/h2-5,7-10H,1H3. The molecular formula is C15H11O2. The van der Waals surface area contributed by atoms with Crippen molar-refractivity contribution < 1.29 is 9.15 Å². The molecule has 0 fully saturated rings. The van der Waals surface area contributed by atoms with Crippen molar-refractivity contribution in [2.45, 2.75) is 0 Å². The summed E-state index contributed by atoms with van der Waals surface area (Å²) in [5.41, 5.74) is 4.34. The average molecular weight is 223 g/mol. The van der Waals surface area contributed by atoms with E-state index in [0.717, 1.165) is 22.3 Å². The predicted molar refractivity (Wildman–Crippen MR) is 66.2 cm³/mol. The Bertz CT molecular complexity index is 596. The quantitative estimate of drug-likeness (QED) is 0.658. The van der Waals surface area contributed by atoms with Crippen molar-refractivity contribution in [2.75, 3.05) is 7.11 Å². The second kappa shape index (κ2) is 3.98. The number of hydrogen-bond acceptors (Lipinski definition) is 2. The number of fused-ring (bicyclic) bond motifs is 1. The van der Waals surface area contributed by atoms with Gasteiger partial charge < -0.3 is 9.15 Å². The van der Waals surface area contributed by atoms with Gasteiger partial charge in [-0.25, -0.2) is 0 Å². The molecule has 0 saturated heterocycles. The second-order valence-electron chi connectivity index (χ2n) is 3.76. The Morgan fingerprint density at radius 2 is 1.88 bits per heavy atom. The van der Waals surface area contributed by atoms with Crippen LogP contribution in [0.5, 0.6) is 5.95 Å². The first-order valence-corrected chi connectivity index (χ1v) is 5.41. The fraction of sp³-hybridized carbons (Fsp3) is 0.0667. The topological polar surface area (TPSA) is 22.4 Å². The van der Waals surface area contributed by atoms with Gasteiger partial charge in [0.05, 0.1) is 18.9 Å². The minimum Gasteiger partial charge on any atom is -0.468 e. The molecule has 0 bridgehead atoms. The lowest BCUT2D eigenvalue weighted by molar-refractivity contribution is 0.299. The van der Waals surface area contributed by atoms with E-state index in [9.17, 15) is 0 Å². The molecular weight excluding hydrogens is 212 g/mol. The Labute approximate surface area is 99.8 Å². The van der Waals surface area contributed by atoms with Crippen LogP contribution in [0.3, 0.4) is 0 Å². The summed E-state index contributed by atoms with van der Waals surface area (Å²) >= 11 is 0. The van der Waals surface area contributed by atoms with Gasteiger partial charge in [-0.1, -0.05) is 30.3 Å². The molecule has 0 amide bonds. The first-order chi connectivity index (χ1) is 8.40. The fourth-order valence-corrected chi connectivity index (χ4v) is 2.03. The third-order valence-corrected chi connectivity index (χ3v) is 2.81. The molecule has 1 aliphatic heterocycles. The lowest BCUT2D eigenvalue weighted by atomic mass is 10.0. The molecule has 0 atom stereocenters. The second-order valence-corrected chi connectivity index (χ2v) is 3.76. The zero-order chi connectivity index (χ0) is 11.7. The Morgan fingerprint density at radius 3 is 2.65 bits per heavy atom. The summed E-state index contributed by atoms with van der Waals surface area (Å²) in [5, 5.41) is 0. The van der Waals surface area contributed by atoms with Crippen LogP contribution in [-0.2, 0) is 0 Å². The summed E-state index contributed by atoms with van der Waals surface area (Å²) in [6.07, 6.45) is 1.65. The van der Waals surface area contributed by atoms with Crippen LogP contribution in [0.25, 0.3) is 22.3 Å². The van der Waals surface area contributed by atoms with Gasteiger partial charge in [0, 0.05) is 0 Å². The molecule has 83 valence electrons. The summed E-state index contributed by atoms with van der Waals surface area (Å²) in [6.45, 7) is 0. The monoisotopic (exact) mass is 223 g/mol. The average Bonchev–Trinajstić information content (AvgIpc) is 2.83. The minimum absolute atomic E-state index is 0.546. The zero-order valence-corrected chi connectivity index (χ0v) is 9.44. The van der Waals surface area contributed by atoms with Crippen molar-refractivity contribution in [3.05, 3.63) is 54.8 Å². The van der Waals surface area contributed by atoms with Crippen LogP contribution in [0.2, 0.25) is 0 Å². The van der Waals surface area contributed by atoms with Gasteiger partial charge >= 0.3 is 0 Å². The van der Waals surface area contributed by atoms with Crippen LogP contribution in [0.1, 0.15) is 0 Å². The molecule has 0 spiro atoms. The van der Waals surface area contributed by atoms with Gasteiger partial charge in [-0.2, -0.15) is 0 Å². The van der Waals surface area contributed by atoms with E-state index >= 15 is 0 Å². The normalized spacial score (nSPS) is 10.6. The molecule has 0 unspecified atom stereocenters. The van der Waals surface area contributed by atoms with Gasteiger partial charge in [-0.15, -0.1) is 0 Å². The Hall–Kier alpha value is -2.22. The van der Waals surface area contributed by atoms with Crippen LogP contribution in [-0.4, -0.2) is 7.11 Å². The molecule has 2 nitrogen and oxygen atoms in total. The van der Waals surface area contributed by atoms with E-state index in [2.05, 4.69) is 12.1 Å². The first kappa shape index (κ1) is 9.97. The lowest BCUT2D eigenvalue weighted by Crippen LogP contribution is -1.86. The van der Waals surface area contributed by atoms with E-state index in [-0.39, 0.29) is 0 Å². The van der Waals surface area contributed by atoms with Crippen LogP contribution < -0.4 is 4.74 Å². The molecule has 1 aromatic carbocycles. The van der Waals surface area contributed by atoms with Crippen LogP contribution in [0.15, 0.2) is 53.1 Å². The van der Waals surface area contributed by atoms with Crippen LogP contribution in [0, 0.1) is 6.07 Å². The maximum Gasteiger partial charge on any atom is 0.292 e. The van der Waals surface area contributed by atoms with Crippen molar-refractivity contribution in [1.82, 2.24) is 0 Å². The van der Waals surface area contributed by atoms with Crippen LogP contribution >= 0.6 is 0 Å². The lowest BCUT2D eigenvalue weighted by Gasteiger charge is -2.07. The van der Waals surface area contributed by atoms with Crippen molar-refractivity contribution in [3.63, 3.8) is 0 Å². The third-order valence-electron chi connectivity index (χ3n) is 2.81. The zero-order valence-electron chi connectivity index (χ0n) is 9.44. The maximum atomic E-state index is 5.31. The van der Waals surface area contributed by atoms with E-state index in [1.54, 1.807) is 13.4 Å². The number of benzene rings is 1. The third kappa shape index (κ3) is 1.58. The highest BCUT2D eigenvalue weighted by Crippen LogP contribution is 2.40. The van der Waals surface area contributed by atoms with Gasteiger partial charge in [-0.3, -0.25) is 0 Å². The molecule has 3 rings (SSSR count). The summed E-state index contributed by atoms with van der Waals surface area (Å²) in [5.74, 6) is 0.546. The summed E-state index contributed by atoms with van der Waals surface area (Å²) in [6, 6.07) is 17.2. The molecule has 0 saturated carbocycles. The molecule has 1 aliphatic carbocycles. The van der Waals surface area contributed by atoms with E-state index in [1.807, 2.05) is 36.4 Å². The van der Waals surface area contributed by atoms with Gasteiger partial charge in [-0.05, 0) is 34.9 Å². The minimum atomic E-state index is 0.546. The maximum absolute atomic E-state index is 5.31. The van der Waals surface area contributed by atoms with E-state index < -0.39 is 0 Å². The SMILES string of the molecule is COc1occc2c(-c3[c]cccc3)ccc1-2. The summed E-state index contributed by atoms with van der Waals surface area (Å²) < 4.78 is 10.5. The molecule has 17 heavy (non-hydrogen) atoms. The Balaban J connectivity index is 2.18. The van der Waals surface area contributed by atoms with Gasteiger partial charge in [0.15, 0.2) is 0 Å². The van der Waals surface area contributed by atoms with E-state index in [1.165, 1.54) is 0 Å². The number of ether oxygens (including phenoxy) is 1. The number of methoxy groups -OCH3 is 1. The summed E-state index contributed by atoms with van der Waals surface area (Å²) in [4.78, 5) is 0. The molecule has 1 radical (unpaired) electrons. The van der Waals surface area contributed by atoms with Gasteiger partial charge in [0.1, 0.15) is 0 Å². The smallest absolute Gasteiger partial charge is 0.292 e. The Kier molecular flexibility index (Phi) is 2.33. The van der Waals surface area contributed by atoms with E-state index in [4.69, 9.17) is 9.15 Å². The highest BCUT2D eigenvalue weighted by atomic mass is 16.6. The molecule has 1 heterocycles. The predicted octanol–water partition coefficient (Wildman–Crippen LogP) is 3.86. The van der Waals surface area contributed by atoms with Crippen LogP contribution in [0.4, 0.5) is 0 Å².